The molecule has 0 radical (unpaired) electrons. The number of amides is 1. The van der Waals surface area contributed by atoms with E-state index in [0.29, 0.717) is 32.5 Å². The zero-order valence-corrected chi connectivity index (χ0v) is 16.4. The van der Waals surface area contributed by atoms with E-state index in [1.165, 1.54) is 0 Å². The van der Waals surface area contributed by atoms with E-state index >= 15 is 0 Å². The molecule has 3 rings (SSSR count). The number of benzene rings is 2. The van der Waals surface area contributed by atoms with E-state index < -0.39 is 5.54 Å². The maximum Gasteiger partial charge on any atom is 0.410 e. The number of ether oxygens (including phenoxy) is 1. The molecule has 0 bridgehead atoms. The average molecular weight is 395 g/mol. The van der Waals surface area contributed by atoms with Crippen molar-refractivity contribution in [2.45, 2.75) is 31.9 Å². The van der Waals surface area contributed by atoms with E-state index in [0.717, 1.165) is 21.7 Å². The summed E-state index contributed by atoms with van der Waals surface area (Å²) in [6.07, 6.45) is 1.13. The minimum absolute atomic E-state index is 0. The number of nitrogens with two attached hydrogens (primary N) is 1. The van der Waals surface area contributed by atoms with Gasteiger partial charge in [0.05, 0.1) is 0 Å². The van der Waals surface area contributed by atoms with Gasteiger partial charge in [-0.15, -0.1) is 12.4 Å². The van der Waals surface area contributed by atoms with Gasteiger partial charge in [0, 0.05) is 23.7 Å². The first kappa shape index (κ1) is 20.6. The largest absolute Gasteiger partial charge is 0.445 e. The third-order valence-electron chi connectivity index (χ3n) is 4.85. The molecular weight excluding hydrogens is 371 g/mol. The number of rotatable bonds is 3. The minimum Gasteiger partial charge on any atom is -0.445 e. The molecule has 2 aromatic carbocycles. The highest BCUT2D eigenvalue weighted by molar-refractivity contribution is 6.31. The number of aryl methyl sites for hydroxylation is 1. The standard InChI is InChI=1S/C20H23ClN2O2.ClH/c1-15-13-17(7-8-18(15)21)20(22)9-11-23(12-10-20)19(24)25-14-16-5-3-2-4-6-16;/h2-8,13H,9-12,14,22H2,1H3;1H. The third-order valence-corrected chi connectivity index (χ3v) is 5.28. The molecule has 1 heterocycles. The number of likely N-dealkylation sites (tertiary alicyclic amines) is 1. The number of nitrogens with zero attached hydrogens (tertiary/aromatic N) is 1. The summed E-state index contributed by atoms with van der Waals surface area (Å²) in [6.45, 7) is 3.45. The van der Waals surface area contributed by atoms with Gasteiger partial charge in [0.25, 0.3) is 0 Å². The zero-order valence-electron chi connectivity index (χ0n) is 14.8. The molecule has 0 spiro atoms. The van der Waals surface area contributed by atoms with Gasteiger partial charge >= 0.3 is 6.09 Å². The fraction of sp³-hybridized carbons (Fsp3) is 0.350. The van der Waals surface area contributed by atoms with Crippen molar-refractivity contribution in [3.8, 4) is 0 Å². The van der Waals surface area contributed by atoms with Crippen LogP contribution in [0.1, 0.15) is 29.5 Å². The first-order valence-corrected chi connectivity index (χ1v) is 8.87. The molecule has 2 N–H and O–H groups in total. The molecule has 0 unspecified atom stereocenters. The van der Waals surface area contributed by atoms with E-state index in [2.05, 4.69) is 0 Å². The lowest BCUT2D eigenvalue weighted by atomic mass is 9.81. The maximum absolute atomic E-state index is 12.3. The van der Waals surface area contributed by atoms with Gasteiger partial charge in [-0.25, -0.2) is 4.79 Å². The lowest BCUT2D eigenvalue weighted by molar-refractivity contribution is 0.0779. The van der Waals surface area contributed by atoms with Gasteiger partial charge in [0.1, 0.15) is 6.61 Å². The second-order valence-electron chi connectivity index (χ2n) is 6.65. The summed E-state index contributed by atoms with van der Waals surface area (Å²) >= 11 is 6.10. The van der Waals surface area contributed by atoms with Crippen LogP contribution in [-0.2, 0) is 16.9 Å². The lowest BCUT2D eigenvalue weighted by Gasteiger charge is -2.39. The van der Waals surface area contributed by atoms with Gasteiger partial charge < -0.3 is 15.4 Å². The van der Waals surface area contributed by atoms with Crippen LogP contribution in [0.3, 0.4) is 0 Å². The first-order chi connectivity index (χ1) is 12.0. The molecule has 1 amide bonds. The smallest absolute Gasteiger partial charge is 0.410 e. The van der Waals surface area contributed by atoms with Crippen molar-refractivity contribution in [2.24, 2.45) is 5.73 Å². The van der Waals surface area contributed by atoms with Crippen LogP contribution >= 0.6 is 24.0 Å². The average Bonchev–Trinajstić information content (AvgIpc) is 2.63. The Hall–Kier alpha value is -1.75. The Morgan fingerprint density at radius 3 is 2.46 bits per heavy atom. The predicted molar refractivity (Wildman–Crippen MR) is 107 cm³/mol. The molecule has 1 saturated heterocycles. The summed E-state index contributed by atoms with van der Waals surface area (Å²) in [4.78, 5) is 14.0. The van der Waals surface area contributed by atoms with Crippen molar-refractivity contribution in [3.05, 3.63) is 70.2 Å². The monoisotopic (exact) mass is 394 g/mol. The van der Waals surface area contributed by atoms with Crippen molar-refractivity contribution in [3.63, 3.8) is 0 Å². The Morgan fingerprint density at radius 1 is 1.19 bits per heavy atom. The molecule has 0 aliphatic carbocycles. The Labute approximate surface area is 165 Å². The van der Waals surface area contributed by atoms with E-state index in [9.17, 15) is 4.79 Å². The summed E-state index contributed by atoms with van der Waals surface area (Å²) in [7, 11) is 0. The van der Waals surface area contributed by atoms with Gasteiger partial charge in [-0.1, -0.05) is 54.1 Å². The molecular formula is C20H24Cl2N2O2. The number of carbonyl (C=O) groups excluding carboxylic acids is 1. The van der Waals surface area contributed by atoms with Gasteiger partial charge in [-0.3, -0.25) is 0 Å². The van der Waals surface area contributed by atoms with Crippen molar-refractivity contribution in [2.75, 3.05) is 13.1 Å². The fourth-order valence-corrected chi connectivity index (χ4v) is 3.26. The Kier molecular flexibility index (Phi) is 6.93. The molecule has 1 fully saturated rings. The Balaban J connectivity index is 0.00000243. The third kappa shape index (κ3) is 4.70. The topological polar surface area (TPSA) is 55.6 Å². The van der Waals surface area contributed by atoms with Crippen molar-refractivity contribution in [1.82, 2.24) is 4.90 Å². The summed E-state index contributed by atoms with van der Waals surface area (Å²) in [5.74, 6) is 0. The first-order valence-electron chi connectivity index (χ1n) is 8.49. The Bertz CT molecular complexity index is 745. The van der Waals surface area contributed by atoms with Crippen LogP contribution in [-0.4, -0.2) is 24.1 Å². The molecule has 4 nitrogen and oxygen atoms in total. The lowest BCUT2D eigenvalue weighted by Crippen LogP contribution is -2.49. The number of hydrogen-bond donors (Lipinski definition) is 1. The quantitative estimate of drug-likeness (QED) is 0.823. The zero-order chi connectivity index (χ0) is 17.9. The van der Waals surface area contributed by atoms with Gasteiger partial charge in [-0.2, -0.15) is 0 Å². The van der Waals surface area contributed by atoms with Gasteiger partial charge in [-0.05, 0) is 42.5 Å². The SMILES string of the molecule is Cc1cc(C2(N)CCN(C(=O)OCc3ccccc3)CC2)ccc1Cl.Cl. The van der Waals surface area contributed by atoms with Crippen LogP contribution in [0.2, 0.25) is 5.02 Å². The number of hydrogen-bond acceptors (Lipinski definition) is 3. The van der Waals surface area contributed by atoms with E-state index in [1.807, 2.05) is 55.5 Å². The number of halogens is 2. The summed E-state index contributed by atoms with van der Waals surface area (Å²) in [5.41, 5.74) is 9.26. The molecule has 1 aliphatic rings. The Morgan fingerprint density at radius 2 is 1.85 bits per heavy atom. The molecule has 0 saturated carbocycles. The van der Waals surface area contributed by atoms with Gasteiger partial charge in [0.15, 0.2) is 0 Å². The van der Waals surface area contributed by atoms with E-state index in [4.69, 9.17) is 22.1 Å². The summed E-state index contributed by atoms with van der Waals surface area (Å²) in [6, 6.07) is 15.6. The molecule has 6 heteroatoms. The van der Waals surface area contributed by atoms with Crippen LogP contribution in [0, 0.1) is 6.92 Å². The van der Waals surface area contributed by atoms with Crippen molar-refractivity contribution >= 4 is 30.1 Å². The minimum atomic E-state index is -0.425. The van der Waals surface area contributed by atoms with Crippen molar-refractivity contribution < 1.29 is 9.53 Å². The predicted octanol–water partition coefficient (Wildman–Crippen LogP) is 4.66. The number of piperidine rings is 1. The van der Waals surface area contributed by atoms with Crippen LogP contribution in [0.25, 0.3) is 0 Å². The number of carbonyl (C=O) groups is 1. The molecule has 26 heavy (non-hydrogen) atoms. The fourth-order valence-electron chi connectivity index (χ4n) is 3.14. The second kappa shape index (κ2) is 8.76. The van der Waals surface area contributed by atoms with Crippen LogP contribution < -0.4 is 5.73 Å². The van der Waals surface area contributed by atoms with Gasteiger partial charge in [0.2, 0.25) is 0 Å². The molecule has 140 valence electrons. The highest BCUT2D eigenvalue weighted by Crippen LogP contribution is 2.32. The van der Waals surface area contributed by atoms with Crippen LogP contribution in [0.4, 0.5) is 4.79 Å². The highest BCUT2D eigenvalue weighted by atomic mass is 35.5. The van der Waals surface area contributed by atoms with E-state index in [1.54, 1.807) is 4.90 Å². The van der Waals surface area contributed by atoms with Crippen LogP contribution in [0.15, 0.2) is 48.5 Å². The molecule has 2 aromatic rings. The summed E-state index contributed by atoms with van der Waals surface area (Å²) in [5, 5.41) is 0.745. The molecule has 1 aliphatic heterocycles. The molecule has 0 atom stereocenters. The van der Waals surface area contributed by atoms with Crippen LogP contribution in [0.5, 0.6) is 0 Å². The normalized spacial score (nSPS) is 15.9. The highest BCUT2D eigenvalue weighted by Gasteiger charge is 2.34. The maximum atomic E-state index is 12.3. The molecule has 0 aromatic heterocycles. The second-order valence-corrected chi connectivity index (χ2v) is 7.05. The van der Waals surface area contributed by atoms with E-state index in [-0.39, 0.29) is 18.5 Å². The van der Waals surface area contributed by atoms with Crippen molar-refractivity contribution in [1.29, 1.82) is 0 Å². The summed E-state index contributed by atoms with van der Waals surface area (Å²) < 4.78 is 5.41.